The van der Waals surface area contributed by atoms with Crippen LogP contribution in [0.4, 0.5) is 5.82 Å². The van der Waals surface area contributed by atoms with Crippen molar-refractivity contribution in [1.82, 2.24) is 9.97 Å². The Bertz CT molecular complexity index is 586. The van der Waals surface area contributed by atoms with E-state index in [9.17, 15) is 0 Å². The fraction of sp³-hybridized carbons (Fsp3) is 0.286. The summed E-state index contributed by atoms with van der Waals surface area (Å²) >= 11 is 10.4. The molecule has 2 rings (SSSR count). The third-order valence-corrected chi connectivity index (χ3v) is 3.24. The van der Waals surface area contributed by atoms with Crippen molar-refractivity contribution in [3.8, 4) is 5.75 Å². The number of aromatic nitrogens is 2. The minimum atomic E-state index is -0.313. The normalized spacial score (nSPS) is 12.4. The number of nitrogen functional groups attached to an aromatic ring is 1. The van der Waals surface area contributed by atoms with E-state index in [1.165, 1.54) is 6.07 Å². The monoisotopic (exact) mass is 309 g/mol. The second kappa shape index (κ2) is 6.33. The van der Waals surface area contributed by atoms with Crippen LogP contribution in [0, 0.1) is 0 Å². The van der Waals surface area contributed by atoms with Gasteiger partial charge in [0.2, 0.25) is 0 Å². The molecule has 20 heavy (non-hydrogen) atoms. The molecule has 1 atom stereocenters. The summed E-state index contributed by atoms with van der Waals surface area (Å²) in [4.78, 5) is 8.32. The molecule has 0 aliphatic rings. The van der Waals surface area contributed by atoms with Crippen LogP contribution in [0.2, 0.25) is 5.15 Å². The zero-order valence-corrected chi connectivity index (χ0v) is 12.9. The number of benzene rings is 1. The van der Waals surface area contributed by atoms with E-state index < -0.39 is 0 Å². The van der Waals surface area contributed by atoms with Gasteiger partial charge < -0.3 is 10.5 Å². The summed E-state index contributed by atoms with van der Waals surface area (Å²) in [6.07, 6.45) is 0.113. The maximum absolute atomic E-state index is 5.89. The first kappa shape index (κ1) is 14.9. The summed E-state index contributed by atoms with van der Waals surface area (Å²) in [7, 11) is 0. The summed E-state index contributed by atoms with van der Waals surface area (Å²) in [6, 6.07) is 9.16. The highest BCUT2D eigenvalue weighted by molar-refractivity contribution is 7.80. The zero-order valence-electron chi connectivity index (χ0n) is 11.2. The quantitative estimate of drug-likeness (QED) is 0.670. The van der Waals surface area contributed by atoms with E-state index in [1.807, 2.05) is 38.1 Å². The Hall–Kier alpha value is -1.46. The Labute approximate surface area is 128 Å². The summed E-state index contributed by atoms with van der Waals surface area (Å²) in [5, 5.41) is -0.00662. The Morgan fingerprint density at radius 1 is 1.25 bits per heavy atom. The highest BCUT2D eigenvalue weighted by Gasteiger charge is 2.15. The number of rotatable bonds is 4. The Morgan fingerprint density at radius 2 is 2.00 bits per heavy atom. The van der Waals surface area contributed by atoms with Gasteiger partial charge in [-0.05, 0) is 31.5 Å². The van der Waals surface area contributed by atoms with E-state index in [0.717, 1.165) is 11.3 Å². The van der Waals surface area contributed by atoms with Gasteiger partial charge in [0.25, 0.3) is 0 Å². The summed E-state index contributed by atoms with van der Waals surface area (Å²) in [6.45, 7) is 3.96. The van der Waals surface area contributed by atoms with Crippen LogP contribution in [0.5, 0.6) is 5.75 Å². The van der Waals surface area contributed by atoms with E-state index in [0.29, 0.717) is 16.8 Å². The van der Waals surface area contributed by atoms with Gasteiger partial charge in [-0.1, -0.05) is 23.7 Å². The minimum absolute atomic E-state index is 0.113. The summed E-state index contributed by atoms with van der Waals surface area (Å²) in [5.74, 6) is 1.58. The topological polar surface area (TPSA) is 61.0 Å². The molecule has 0 fully saturated rings. The molecule has 0 amide bonds. The molecule has 2 aromatic rings. The first-order valence-corrected chi connectivity index (χ1v) is 7.10. The fourth-order valence-corrected chi connectivity index (χ4v) is 2.23. The number of ether oxygens (including phenoxy) is 1. The van der Waals surface area contributed by atoms with Crippen molar-refractivity contribution in [1.29, 1.82) is 0 Å². The minimum Gasteiger partial charge on any atom is -0.491 e. The van der Waals surface area contributed by atoms with Crippen molar-refractivity contribution in [3.63, 3.8) is 0 Å². The lowest BCUT2D eigenvalue weighted by Crippen LogP contribution is -2.07. The average Bonchev–Trinajstić information content (AvgIpc) is 2.36. The van der Waals surface area contributed by atoms with Crippen molar-refractivity contribution >= 4 is 30.0 Å². The summed E-state index contributed by atoms with van der Waals surface area (Å²) < 4.78 is 5.66. The molecular formula is C14H16ClN3OS. The number of nitrogens with zero attached hydrogens (tertiary/aromatic N) is 2. The van der Waals surface area contributed by atoms with Crippen LogP contribution in [0.25, 0.3) is 0 Å². The smallest absolute Gasteiger partial charge is 0.149 e. The number of hydrogen-bond acceptors (Lipinski definition) is 5. The maximum atomic E-state index is 5.89. The van der Waals surface area contributed by atoms with Gasteiger partial charge in [0.1, 0.15) is 22.5 Å². The van der Waals surface area contributed by atoms with E-state index in [1.54, 1.807) is 0 Å². The Balaban J connectivity index is 2.30. The third-order valence-electron chi connectivity index (χ3n) is 2.52. The molecule has 0 spiro atoms. The van der Waals surface area contributed by atoms with Crippen molar-refractivity contribution in [3.05, 3.63) is 46.9 Å². The number of thiol groups is 1. The lowest BCUT2D eigenvalue weighted by atomic mass is 10.1. The van der Waals surface area contributed by atoms with Gasteiger partial charge in [0, 0.05) is 6.07 Å². The average molecular weight is 310 g/mol. The lowest BCUT2D eigenvalue weighted by Gasteiger charge is -2.14. The molecule has 0 saturated carbocycles. The molecule has 4 nitrogen and oxygen atoms in total. The van der Waals surface area contributed by atoms with Crippen LogP contribution in [0.1, 0.15) is 30.5 Å². The third kappa shape index (κ3) is 3.77. The molecule has 0 aliphatic heterocycles. The maximum Gasteiger partial charge on any atom is 0.149 e. The highest BCUT2D eigenvalue weighted by atomic mass is 35.5. The van der Waals surface area contributed by atoms with Crippen LogP contribution in [-0.2, 0) is 0 Å². The van der Waals surface area contributed by atoms with Crippen molar-refractivity contribution in [2.45, 2.75) is 25.2 Å². The molecule has 0 saturated heterocycles. The first-order valence-electron chi connectivity index (χ1n) is 6.20. The molecule has 0 aliphatic carbocycles. The standard InChI is InChI=1S/C14H16ClN3OS/c1-8(2)19-10-5-3-4-9(6-10)13(20)14-17-11(15)7-12(16)18-14/h3-8,13,20H,1-2H3,(H2,16,17,18). The van der Waals surface area contributed by atoms with Crippen LogP contribution >= 0.6 is 24.2 Å². The molecule has 106 valence electrons. The predicted octanol–water partition coefficient (Wildman–Crippen LogP) is 3.52. The second-order valence-electron chi connectivity index (χ2n) is 4.62. The Kier molecular flexibility index (Phi) is 4.73. The molecular weight excluding hydrogens is 294 g/mol. The number of halogens is 1. The van der Waals surface area contributed by atoms with Crippen molar-refractivity contribution in [2.24, 2.45) is 0 Å². The van der Waals surface area contributed by atoms with Crippen LogP contribution in [0.3, 0.4) is 0 Å². The van der Waals surface area contributed by atoms with Gasteiger partial charge >= 0.3 is 0 Å². The zero-order chi connectivity index (χ0) is 14.7. The van der Waals surface area contributed by atoms with Gasteiger partial charge in [-0.2, -0.15) is 12.6 Å². The number of nitrogens with two attached hydrogens (primary N) is 1. The van der Waals surface area contributed by atoms with Gasteiger partial charge in [-0.3, -0.25) is 0 Å². The second-order valence-corrected chi connectivity index (χ2v) is 5.52. The first-order chi connectivity index (χ1) is 9.45. The molecule has 1 heterocycles. The van der Waals surface area contributed by atoms with Gasteiger partial charge in [-0.15, -0.1) is 0 Å². The van der Waals surface area contributed by atoms with E-state index in [4.69, 9.17) is 22.1 Å². The molecule has 0 radical (unpaired) electrons. The molecule has 1 aromatic heterocycles. The fourth-order valence-electron chi connectivity index (χ4n) is 1.75. The molecule has 0 bridgehead atoms. The predicted molar refractivity (Wildman–Crippen MR) is 84.5 cm³/mol. The highest BCUT2D eigenvalue weighted by Crippen LogP contribution is 2.29. The number of hydrogen-bond donors (Lipinski definition) is 2. The van der Waals surface area contributed by atoms with Gasteiger partial charge in [0.05, 0.1) is 11.4 Å². The largest absolute Gasteiger partial charge is 0.491 e. The van der Waals surface area contributed by atoms with Crippen LogP contribution in [0.15, 0.2) is 30.3 Å². The van der Waals surface area contributed by atoms with Crippen LogP contribution in [-0.4, -0.2) is 16.1 Å². The van der Waals surface area contributed by atoms with Crippen molar-refractivity contribution in [2.75, 3.05) is 5.73 Å². The van der Waals surface area contributed by atoms with Gasteiger partial charge in [0.15, 0.2) is 0 Å². The van der Waals surface area contributed by atoms with Crippen LogP contribution < -0.4 is 10.5 Å². The number of anilines is 1. The van der Waals surface area contributed by atoms with Crippen molar-refractivity contribution < 1.29 is 4.74 Å². The SMILES string of the molecule is CC(C)Oc1cccc(C(S)c2nc(N)cc(Cl)n2)c1. The Morgan fingerprint density at radius 3 is 2.65 bits per heavy atom. The summed E-state index contributed by atoms with van der Waals surface area (Å²) in [5.41, 5.74) is 6.60. The van der Waals surface area contributed by atoms with E-state index in [-0.39, 0.29) is 11.4 Å². The van der Waals surface area contributed by atoms with Gasteiger partial charge in [-0.25, -0.2) is 9.97 Å². The molecule has 1 unspecified atom stereocenters. The van der Waals surface area contributed by atoms with E-state index in [2.05, 4.69) is 22.6 Å². The lowest BCUT2D eigenvalue weighted by molar-refractivity contribution is 0.242. The molecule has 6 heteroatoms. The van der Waals surface area contributed by atoms with E-state index >= 15 is 0 Å². The molecule has 2 N–H and O–H groups in total. The molecule has 1 aromatic carbocycles.